The van der Waals surface area contributed by atoms with Crippen LogP contribution in [-0.4, -0.2) is 85.0 Å². The van der Waals surface area contributed by atoms with Gasteiger partial charge in [0.1, 0.15) is 11.7 Å². The van der Waals surface area contributed by atoms with Crippen LogP contribution < -0.4 is 10.2 Å². The highest BCUT2D eigenvalue weighted by Crippen LogP contribution is 2.40. The molecule has 0 saturated carbocycles. The van der Waals surface area contributed by atoms with E-state index in [1.165, 1.54) is 0 Å². The zero-order chi connectivity index (χ0) is 21.4. The van der Waals surface area contributed by atoms with Gasteiger partial charge in [-0.05, 0) is 25.3 Å². The number of likely N-dealkylation sites (N-methyl/N-ethyl adjacent to an activating group) is 1. The summed E-state index contributed by atoms with van der Waals surface area (Å²) in [5.74, 6) is 2.39. The van der Waals surface area contributed by atoms with Crippen molar-refractivity contribution in [3.63, 3.8) is 0 Å². The van der Waals surface area contributed by atoms with E-state index >= 15 is 0 Å². The maximum absolute atomic E-state index is 6.49. The molecule has 7 nitrogen and oxygen atoms in total. The molecule has 5 rings (SSSR count). The van der Waals surface area contributed by atoms with Gasteiger partial charge in [0.15, 0.2) is 0 Å². The van der Waals surface area contributed by atoms with Gasteiger partial charge in [-0.1, -0.05) is 29.3 Å². The lowest BCUT2D eigenvalue weighted by Crippen LogP contribution is -2.45. The third-order valence-electron chi connectivity index (χ3n) is 5.97. The second-order valence-electron chi connectivity index (χ2n) is 8.06. The van der Waals surface area contributed by atoms with E-state index in [2.05, 4.69) is 32.0 Å². The molecule has 0 amide bonds. The Balaban J connectivity index is 1.36. The minimum atomic E-state index is 0.611. The molecule has 0 spiro atoms. The van der Waals surface area contributed by atoms with E-state index in [1.54, 1.807) is 0 Å². The number of halogens is 2. The molecule has 9 heteroatoms. The number of amidine groups is 1. The van der Waals surface area contributed by atoms with Gasteiger partial charge in [0.05, 0.1) is 16.6 Å². The Morgan fingerprint density at radius 3 is 2.61 bits per heavy atom. The Kier molecular flexibility index (Phi) is 5.84. The van der Waals surface area contributed by atoms with E-state index in [-0.39, 0.29) is 0 Å². The van der Waals surface area contributed by atoms with Gasteiger partial charge in [-0.15, -0.1) is 0 Å². The maximum Gasteiger partial charge on any atom is 0.224 e. The Bertz CT molecular complexity index is 1020. The zero-order valence-electron chi connectivity index (χ0n) is 17.5. The molecule has 1 aromatic heterocycles. The van der Waals surface area contributed by atoms with Gasteiger partial charge >= 0.3 is 0 Å². The number of rotatable bonds is 5. The van der Waals surface area contributed by atoms with Crippen LogP contribution in [0.4, 0.5) is 11.8 Å². The number of aliphatic imine (C=N–C) groups is 1. The Hall–Kier alpha value is -2.19. The number of hydrogen-bond acceptors (Lipinski definition) is 7. The number of hydrogen-bond donors (Lipinski definition) is 1. The number of anilines is 2. The third-order valence-corrected chi connectivity index (χ3v) is 6.60. The van der Waals surface area contributed by atoms with E-state index in [4.69, 9.17) is 33.2 Å². The Morgan fingerprint density at radius 1 is 1.06 bits per heavy atom. The smallest absolute Gasteiger partial charge is 0.224 e. The number of fused-ring (bicyclic) bond motifs is 3. The van der Waals surface area contributed by atoms with Gasteiger partial charge in [-0.3, -0.25) is 9.89 Å². The molecular weight excluding hydrogens is 433 g/mol. The lowest BCUT2D eigenvalue weighted by molar-refractivity contribution is 0.158. The van der Waals surface area contributed by atoms with E-state index in [9.17, 15) is 0 Å². The molecule has 0 radical (unpaired) electrons. The molecule has 3 aliphatic rings. The molecule has 1 fully saturated rings. The first-order chi connectivity index (χ1) is 15.1. The number of piperazine rings is 1. The number of benzene rings is 1. The van der Waals surface area contributed by atoms with Gasteiger partial charge in [0.2, 0.25) is 5.95 Å². The van der Waals surface area contributed by atoms with Crippen molar-refractivity contribution in [1.82, 2.24) is 19.8 Å². The van der Waals surface area contributed by atoms with Crippen LogP contribution in [0.25, 0.3) is 11.6 Å². The lowest BCUT2D eigenvalue weighted by Gasteiger charge is -2.32. The minimum Gasteiger partial charge on any atom is -0.353 e. The predicted octanol–water partition coefficient (Wildman–Crippen LogP) is 3.22. The zero-order valence-corrected chi connectivity index (χ0v) is 19.0. The summed E-state index contributed by atoms with van der Waals surface area (Å²) in [6.07, 6.45) is 3.90. The van der Waals surface area contributed by atoms with Crippen LogP contribution >= 0.6 is 23.2 Å². The van der Waals surface area contributed by atoms with Crippen LogP contribution in [0.3, 0.4) is 0 Å². The lowest BCUT2D eigenvalue weighted by atomic mass is 9.98. The van der Waals surface area contributed by atoms with Crippen molar-refractivity contribution < 1.29 is 0 Å². The molecule has 0 atom stereocenters. The summed E-state index contributed by atoms with van der Waals surface area (Å²) < 4.78 is 0. The van der Waals surface area contributed by atoms with Crippen molar-refractivity contribution in [2.45, 2.75) is 0 Å². The van der Waals surface area contributed by atoms with Crippen molar-refractivity contribution in [1.29, 1.82) is 0 Å². The topological polar surface area (TPSA) is 59.9 Å². The second kappa shape index (κ2) is 8.74. The highest BCUT2D eigenvalue weighted by Gasteiger charge is 2.32. The average Bonchev–Trinajstić information content (AvgIpc) is 3.26. The molecule has 3 aliphatic heterocycles. The first kappa shape index (κ1) is 20.7. The normalized spacial score (nSPS) is 19.0. The third kappa shape index (κ3) is 4.15. The van der Waals surface area contributed by atoms with Gasteiger partial charge in [0.25, 0.3) is 0 Å². The molecule has 0 unspecified atom stereocenters. The maximum atomic E-state index is 6.49. The number of nitrogens with zero attached hydrogens (tertiary/aromatic N) is 6. The van der Waals surface area contributed by atoms with E-state index in [1.807, 2.05) is 30.5 Å². The minimum absolute atomic E-state index is 0.611. The van der Waals surface area contributed by atoms with E-state index < -0.39 is 0 Å². The first-order valence-electron chi connectivity index (χ1n) is 10.6. The summed E-state index contributed by atoms with van der Waals surface area (Å²) in [6, 6.07) is 5.55. The van der Waals surface area contributed by atoms with E-state index in [0.717, 1.165) is 74.2 Å². The van der Waals surface area contributed by atoms with Crippen molar-refractivity contribution in [2.75, 3.05) is 69.6 Å². The fraction of sp³-hybridized carbons (Fsp3) is 0.409. The molecule has 1 saturated heterocycles. The van der Waals surface area contributed by atoms with Crippen molar-refractivity contribution in [3.05, 3.63) is 45.6 Å². The van der Waals surface area contributed by atoms with Crippen molar-refractivity contribution in [2.24, 2.45) is 4.99 Å². The summed E-state index contributed by atoms with van der Waals surface area (Å²) in [6.45, 7) is 7.75. The second-order valence-corrected chi connectivity index (χ2v) is 8.87. The molecule has 1 aromatic carbocycles. The summed E-state index contributed by atoms with van der Waals surface area (Å²) in [4.78, 5) is 21.1. The first-order valence-corrected chi connectivity index (χ1v) is 11.4. The monoisotopic (exact) mass is 457 g/mol. The number of aromatic nitrogens is 2. The number of nitrogens with one attached hydrogen (secondary N) is 1. The summed E-state index contributed by atoms with van der Waals surface area (Å²) >= 11 is 13.0. The Morgan fingerprint density at radius 2 is 1.84 bits per heavy atom. The summed E-state index contributed by atoms with van der Waals surface area (Å²) in [5, 5.41) is 4.61. The van der Waals surface area contributed by atoms with Gasteiger partial charge in [-0.25, -0.2) is 4.98 Å². The quantitative estimate of drug-likeness (QED) is 0.743. The fourth-order valence-electron chi connectivity index (χ4n) is 4.23. The largest absolute Gasteiger partial charge is 0.353 e. The molecule has 4 heterocycles. The van der Waals surface area contributed by atoms with Crippen LogP contribution in [0.5, 0.6) is 0 Å². The average molecular weight is 458 g/mol. The molecule has 2 aromatic rings. The molecular formula is C22H25Cl2N7. The van der Waals surface area contributed by atoms with Gasteiger partial charge in [0, 0.05) is 68.7 Å². The fourth-order valence-corrected chi connectivity index (χ4v) is 4.83. The van der Waals surface area contributed by atoms with Gasteiger partial charge in [-0.2, -0.15) is 4.98 Å². The molecule has 31 heavy (non-hydrogen) atoms. The van der Waals surface area contributed by atoms with Crippen LogP contribution in [-0.2, 0) is 0 Å². The van der Waals surface area contributed by atoms with Crippen molar-refractivity contribution in [3.8, 4) is 0 Å². The van der Waals surface area contributed by atoms with Crippen molar-refractivity contribution >= 4 is 52.5 Å². The molecule has 0 bridgehead atoms. The standard InChI is InChI=1S/C22H25Cl2N7/c1-29-9-11-30(12-10-29)7-5-26-22-27-14-15-13-16(19-17(23)3-2-4-18(19)24)21-25-6-8-31(21)20(15)28-22/h2-4,13-14H,5-12H2,1H3,(H,26,27,28). The molecule has 0 aliphatic carbocycles. The summed E-state index contributed by atoms with van der Waals surface area (Å²) in [7, 11) is 2.17. The highest BCUT2D eigenvalue weighted by atomic mass is 35.5. The van der Waals surface area contributed by atoms with Crippen LogP contribution in [0.1, 0.15) is 11.1 Å². The van der Waals surface area contributed by atoms with Gasteiger partial charge < -0.3 is 15.1 Å². The van der Waals surface area contributed by atoms with E-state index in [0.29, 0.717) is 22.5 Å². The van der Waals surface area contributed by atoms with Crippen LogP contribution in [0, 0.1) is 0 Å². The summed E-state index contributed by atoms with van der Waals surface area (Å²) in [5.41, 5.74) is 2.66. The SMILES string of the molecule is CN1CCN(CCNc2ncc3c(n2)N2CCN=C2C(c2c(Cl)cccc2Cl)=C3)CC1. The molecule has 162 valence electrons. The molecule has 1 N–H and O–H groups in total. The Labute approximate surface area is 192 Å². The highest BCUT2D eigenvalue weighted by molar-refractivity contribution is 6.44. The van der Waals surface area contributed by atoms with Crippen LogP contribution in [0.15, 0.2) is 29.4 Å². The van der Waals surface area contributed by atoms with Crippen LogP contribution in [0.2, 0.25) is 10.0 Å². The predicted molar refractivity (Wildman–Crippen MR) is 128 cm³/mol.